The highest BCUT2D eigenvalue weighted by molar-refractivity contribution is 7.80. The molecule has 0 heterocycles. The second-order valence-corrected chi connectivity index (χ2v) is 6.92. The predicted octanol–water partition coefficient (Wildman–Crippen LogP) is 2.87. The molecule has 0 saturated heterocycles. The Morgan fingerprint density at radius 2 is 1.74 bits per heavy atom. The average Bonchev–Trinajstić information content (AvgIpc) is 2.88. The van der Waals surface area contributed by atoms with Gasteiger partial charge in [0.25, 0.3) is 0 Å². The Bertz CT molecular complexity index is 355. The van der Waals surface area contributed by atoms with Gasteiger partial charge in [-0.25, -0.2) is 0 Å². The van der Waals surface area contributed by atoms with Crippen LogP contribution < -0.4 is 5.73 Å². The Balaban J connectivity index is 2.07. The van der Waals surface area contributed by atoms with E-state index in [0.29, 0.717) is 11.0 Å². The van der Waals surface area contributed by atoms with E-state index in [1.165, 1.54) is 12.8 Å². The summed E-state index contributed by atoms with van der Waals surface area (Å²) in [4.78, 5) is 15.2. The predicted molar refractivity (Wildman–Crippen MR) is 81.9 cm³/mol. The molecule has 2 aliphatic rings. The van der Waals surface area contributed by atoms with Crippen molar-refractivity contribution in [2.75, 3.05) is 7.05 Å². The molecule has 0 unspecified atom stereocenters. The SMILES string of the molecule is CC1CCC(N(C)C(=O)C2(C(N)=S)CCCC2)CC1. The van der Waals surface area contributed by atoms with E-state index in [1.54, 1.807) is 0 Å². The monoisotopic (exact) mass is 282 g/mol. The number of hydrogen-bond donors (Lipinski definition) is 1. The number of carbonyl (C=O) groups excluding carboxylic acids is 1. The number of nitrogens with two attached hydrogens (primary N) is 1. The summed E-state index contributed by atoms with van der Waals surface area (Å²) in [5.41, 5.74) is 5.37. The summed E-state index contributed by atoms with van der Waals surface area (Å²) in [5.74, 6) is 0.979. The van der Waals surface area contributed by atoms with Crippen molar-refractivity contribution >= 4 is 23.1 Å². The number of thiocarbonyl (C=S) groups is 1. The van der Waals surface area contributed by atoms with Gasteiger partial charge in [-0.15, -0.1) is 0 Å². The number of carbonyl (C=O) groups is 1. The molecule has 0 spiro atoms. The molecule has 4 heteroatoms. The fourth-order valence-electron chi connectivity index (χ4n) is 3.68. The second-order valence-electron chi connectivity index (χ2n) is 6.48. The van der Waals surface area contributed by atoms with Crippen molar-refractivity contribution in [3.63, 3.8) is 0 Å². The van der Waals surface area contributed by atoms with Gasteiger partial charge in [-0.3, -0.25) is 4.79 Å². The number of hydrogen-bond acceptors (Lipinski definition) is 2. The maximum absolute atomic E-state index is 12.8. The third-order valence-electron chi connectivity index (χ3n) is 5.19. The fraction of sp³-hybridized carbons (Fsp3) is 0.867. The minimum absolute atomic E-state index is 0.178. The first-order valence-electron chi connectivity index (χ1n) is 7.54. The Morgan fingerprint density at radius 3 is 2.21 bits per heavy atom. The summed E-state index contributed by atoms with van der Waals surface area (Å²) >= 11 is 5.21. The van der Waals surface area contributed by atoms with Crippen molar-refractivity contribution in [1.29, 1.82) is 0 Å². The van der Waals surface area contributed by atoms with Crippen LogP contribution in [0.25, 0.3) is 0 Å². The molecule has 2 aliphatic carbocycles. The van der Waals surface area contributed by atoms with Crippen molar-refractivity contribution in [2.24, 2.45) is 17.1 Å². The van der Waals surface area contributed by atoms with Gasteiger partial charge in [0, 0.05) is 13.1 Å². The van der Waals surface area contributed by atoms with Crippen LogP contribution in [-0.2, 0) is 4.79 Å². The largest absolute Gasteiger partial charge is 0.392 e. The van der Waals surface area contributed by atoms with E-state index >= 15 is 0 Å². The van der Waals surface area contributed by atoms with E-state index in [4.69, 9.17) is 18.0 Å². The maximum Gasteiger partial charge on any atom is 0.235 e. The first-order chi connectivity index (χ1) is 8.97. The van der Waals surface area contributed by atoms with Crippen LogP contribution in [0.2, 0.25) is 0 Å². The summed E-state index contributed by atoms with van der Waals surface area (Å²) in [6.45, 7) is 2.30. The van der Waals surface area contributed by atoms with Crippen LogP contribution >= 0.6 is 12.2 Å². The Hall–Kier alpha value is -0.640. The highest BCUT2D eigenvalue weighted by atomic mass is 32.1. The van der Waals surface area contributed by atoms with E-state index in [2.05, 4.69) is 6.92 Å². The maximum atomic E-state index is 12.8. The average molecular weight is 282 g/mol. The Labute approximate surface area is 121 Å². The third-order valence-corrected chi connectivity index (χ3v) is 5.58. The van der Waals surface area contributed by atoms with Crippen molar-refractivity contribution in [3.05, 3.63) is 0 Å². The van der Waals surface area contributed by atoms with Gasteiger partial charge in [0.15, 0.2) is 0 Å². The Morgan fingerprint density at radius 1 is 1.21 bits per heavy atom. The highest BCUT2D eigenvalue weighted by Gasteiger charge is 2.46. The lowest BCUT2D eigenvalue weighted by molar-refractivity contribution is -0.139. The molecule has 1 amide bonds. The fourth-order valence-corrected chi connectivity index (χ4v) is 3.97. The van der Waals surface area contributed by atoms with Gasteiger partial charge >= 0.3 is 0 Å². The van der Waals surface area contributed by atoms with Crippen molar-refractivity contribution in [3.8, 4) is 0 Å². The molecule has 2 fully saturated rings. The molecule has 19 heavy (non-hydrogen) atoms. The molecule has 3 nitrogen and oxygen atoms in total. The minimum atomic E-state index is -0.535. The van der Waals surface area contributed by atoms with Crippen LogP contribution in [0, 0.1) is 11.3 Å². The summed E-state index contributed by atoms with van der Waals surface area (Å²) in [6.07, 6.45) is 8.51. The van der Waals surface area contributed by atoms with Crippen LogP contribution in [0.15, 0.2) is 0 Å². The smallest absolute Gasteiger partial charge is 0.235 e. The van der Waals surface area contributed by atoms with Crippen LogP contribution in [0.4, 0.5) is 0 Å². The molecule has 108 valence electrons. The van der Waals surface area contributed by atoms with E-state index in [0.717, 1.165) is 44.4 Å². The molecular weight excluding hydrogens is 256 g/mol. The van der Waals surface area contributed by atoms with Crippen LogP contribution in [0.1, 0.15) is 58.3 Å². The zero-order chi connectivity index (χ0) is 14.0. The van der Waals surface area contributed by atoms with Crippen LogP contribution in [0.5, 0.6) is 0 Å². The molecule has 0 bridgehead atoms. The second kappa shape index (κ2) is 5.78. The summed E-state index contributed by atoms with van der Waals surface area (Å²) < 4.78 is 0. The van der Waals surface area contributed by atoms with Crippen molar-refractivity contribution < 1.29 is 4.79 Å². The third kappa shape index (κ3) is 2.78. The van der Waals surface area contributed by atoms with E-state index < -0.39 is 5.41 Å². The molecule has 0 aromatic carbocycles. The van der Waals surface area contributed by atoms with Crippen molar-refractivity contribution in [2.45, 2.75) is 64.3 Å². The first-order valence-corrected chi connectivity index (χ1v) is 7.95. The topological polar surface area (TPSA) is 46.3 Å². The van der Waals surface area contributed by atoms with E-state index in [-0.39, 0.29) is 5.91 Å². The van der Waals surface area contributed by atoms with E-state index in [1.807, 2.05) is 11.9 Å². The molecule has 2 rings (SSSR count). The van der Waals surface area contributed by atoms with E-state index in [9.17, 15) is 4.79 Å². The molecule has 2 saturated carbocycles. The summed E-state index contributed by atoms with van der Waals surface area (Å²) in [5, 5.41) is 0. The summed E-state index contributed by atoms with van der Waals surface area (Å²) in [6, 6.07) is 0.385. The lowest BCUT2D eigenvalue weighted by Gasteiger charge is -2.38. The Kier molecular flexibility index (Phi) is 4.49. The van der Waals surface area contributed by atoms with Crippen LogP contribution in [0.3, 0.4) is 0 Å². The lowest BCUT2D eigenvalue weighted by atomic mass is 9.82. The van der Waals surface area contributed by atoms with Gasteiger partial charge in [0.05, 0.1) is 10.4 Å². The zero-order valence-electron chi connectivity index (χ0n) is 12.2. The number of rotatable bonds is 3. The van der Waals surface area contributed by atoms with Gasteiger partial charge in [0.1, 0.15) is 0 Å². The molecule has 0 atom stereocenters. The van der Waals surface area contributed by atoms with Gasteiger partial charge < -0.3 is 10.6 Å². The molecule has 0 radical (unpaired) electrons. The van der Waals surface area contributed by atoms with Crippen molar-refractivity contribution in [1.82, 2.24) is 4.90 Å². The zero-order valence-corrected chi connectivity index (χ0v) is 13.0. The lowest BCUT2D eigenvalue weighted by Crippen LogP contribution is -2.51. The minimum Gasteiger partial charge on any atom is -0.392 e. The first kappa shape index (κ1) is 14.8. The van der Waals surface area contributed by atoms with Gasteiger partial charge in [-0.2, -0.15) is 0 Å². The van der Waals surface area contributed by atoms with Gasteiger partial charge in [-0.05, 0) is 44.4 Å². The number of amides is 1. The quantitative estimate of drug-likeness (QED) is 0.810. The molecule has 0 aromatic rings. The normalized spacial score (nSPS) is 30.0. The molecular formula is C15H26N2OS. The van der Waals surface area contributed by atoms with Crippen LogP contribution in [-0.4, -0.2) is 28.9 Å². The number of nitrogens with zero attached hydrogens (tertiary/aromatic N) is 1. The molecule has 0 aliphatic heterocycles. The standard InChI is InChI=1S/C15H26N2OS/c1-11-5-7-12(8-6-11)17(2)14(18)15(13(16)19)9-3-4-10-15/h11-12H,3-10H2,1-2H3,(H2,16,19). The highest BCUT2D eigenvalue weighted by Crippen LogP contribution is 2.41. The molecule has 2 N–H and O–H groups in total. The van der Waals surface area contributed by atoms with Gasteiger partial charge in [0.2, 0.25) is 5.91 Å². The summed E-state index contributed by atoms with van der Waals surface area (Å²) in [7, 11) is 1.95. The van der Waals surface area contributed by atoms with Gasteiger partial charge in [-0.1, -0.05) is 32.0 Å². The molecule has 0 aromatic heterocycles.